The van der Waals surface area contributed by atoms with Crippen LogP contribution in [0.4, 0.5) is 11.4 Å². The van der Waals surface area contributed by atoms with Gasteiger partial charge in [-0.3, -0.25) is 27.7 Å². The lowest BCUT2D eigenvalue weighted by atomic mass is 9.74. The van der Waals surface area contributed by atoms with E-state index in [0.717, 1.165) is 18.7 Å². The molecule has 2 aliphatic rings. The summed E-state index contributed by atoms with van der Waals surface area (Å²) in [5, 5.41) is 10.8. The number of allylic oxidation sites excluding steroid dienone is 6. The molecule has 3 heterocycles. The number of fused-ring (bicyclic) bond motifs is 6. The molecule has 2 unspecified atom stereocenters. The number of rotatable bonds is 21. The van der Waals surface area contributed by atoms with E-state index in [1.807, 2.05) is 31.4 Å². The van der Waals surface area contributed by atoms with Gasteiger partial charge in [-0.2, -0.15) is 46.7 Å². The van der Waals surface area contributed by atoms with Crippen LogP contribution in [0.2, 0.25) is 0 Å². The van der Waals surface area contributed by atoms with E-state index in [9.17, 15) is 74.8 Å². The minimum atomic E-state index is -5.11. The molecule has 6 N–H and O–H groups in total. The summed E-state index contributed by atoms with van der Waals surface area (Å²) in [6.07, 6.45) is 10.0. The Hall–Kier alpha value is -6.50. The summed E-state index contributed by atoms with van der Waals surface area (Å²) in [7, 11) is -30.0. The van der Waals surface area contributed by atoms with E-state index >= 15 is 0 Å². The summed E-state index contributed by atoms with van der Waals surface area (Å²) < 4.78 is 227. The van der Waals surface area contributed by atoms with E-state index in [1.165, 1.54) is 36.4 Å². The molecule has 2 atom stereocenters. The van der Waals surface area contributed by atoms with Crippen molar-refractivity contribution in [1.29, 1.82) is 0 Å². The van der Waals surface area contributed by atoms with Crippen molar-refractivity contribution in [2.75, 3.05) is 29.5 Å². The Labute approximate surface area is 481 Å². The van der Waals surface area contributed by atoms with E-state index < -0.39 is 110 Å². The highest BCUT2D eigenvalue weighted by molar-refractivity contribution is 7.87. The lowest BCUT2D eigenvalue weighted by Gasteiger charge is -2.30. The van der Waals surface area contributed by atoms with Gasteiger partial charge in [0, 0.05) is 64.6 Å². The maximum absolute atomic E-state index is 12.8. The topological polar surface area (TPSA) is 431 Å². The molecule has 7 rings (SSSR count). The van der Waals surface area contributed by atoms with Gasteiger partial charge in [0.15, 0.2) is 5.71 Å². The number of unbranched alkanes of at least 4 members (excludes halogenated alkanes) is 1. The maximum atomic E-state index is 12.8. The average molecular weight is 1290 g/mol. The zero-order valence-electron chi connectivity index (χ0n) is 44.3. The summed E-state index contributed by atoms with van der Waals surface area (Å²) in [5.41, 5.74) is 1.23. The molecule has 2 aliphatic heterocycles. The van der Waals surface area contributed by atoms with Crippen LogP contribution in [0.3, 0.4) is 0 Å². The minimum Gasteiger partial charge on any atom is -0.478 e. The van der Waals surface area contributed by atoms with E-state index in [0.29, 0.717) is 82.1 Å². The maximum Gasteiger partial charge on any atom is 0.425 e. The summed E-state index contributed by atoms with van der Waals surface area (Å²) in [6.45, 7) is 7.85. The fourth-order valence-corrected chi connectivity index (χ4v) is 13.4. The van der Waals surface area contributed by atoms with Crippen molar-refractivity contribution in [3.05, 3.63) is 125 Å². The van der Waals surface area contributed by atoms with Gasteiger partial charge in [-0.1, -0.05) is 44.9 Å². The van der Waals surface area contributed by atoms with Crippen LogP contribution < -0.4 is 4.90 Å². The highest BCUT2D eigenvalue weighted by Gasteiger charge is 2.49. The number of nitrogens with zero attached hydrogens (tertiary/aromatic N) is 3. The van der Waals surface area contributed by atoms with Gasteiger partial charge in [-0.25, -0.2) is 4.79 Å². The average Bonchev–Trinajstić information content (AvgIpc) is 2.31. The van der Waals surface area contributed by atoms with Gasteiger partial charge in [-0.05, 0) is 122 Å². The zero-order chi connectivity index (χ0) is 62.4. The summed E-state index contributed by atoms with van der Waals surface area (Å²) in [5.74, 6) is -2.53. The molecule has 33 heteroatoms. The Balaban J connectivity index is 0.00000148. The van der Waals surface area contributed by atoms with Crippen LogP contribution in [0.1, 0.15) is 99.8 Å². The molecule has 1 aromatic heterocycles. The molecule has 4 aromatic carbocycles. The van der Waals surface area contributed by atoms with Crippen LogP contribution in [0.25, 0.3) is 27.1 Å². The van der Waals surface area contributed by atoms with Crippen molar-refractivity contribution in [3.63, 3.8) is 0 Å². The first-order valence-corrected chi connectivity index (χ1v) is 34.1. The molecule has 0 aliphatic carbocycles. The van der Waals surface area contributed by atoms with Gasteiger partial charge in [-0.15, -0.1) is 25.3 Å². The molecular weight excluding hydrogens is 1240 g/mol. The largest absolute Gasteiger partial charge is 0.478 e. The van der Waals surface area contributed by atoms with Crippen LogP contribution in [-0.2, 0) is 82.6 Å². The van der Waals surface area contributed by atoms with Gasteiger partial charge in [0.2, 0.25) is 5.69 Å². The number of aromatic carboxylic acids is 1. The lowest BCUT2D eigenvalue weighted by molar-refractivity contribution is -0.438. The number of carboxylic acids is 1. The Bertz CT molecular complexity index is 4340. The van der Waals surface area contributed by atoms with Gasteiger partial charge >= 0.3 is 27.2 Å². The predicted molar refractivity (Wildman–Crippen MR) is 301 cm³/mol. The van der Waals surface area contributed by atoms with Crippen molar-refractivity contribution in [3.8, 4) is 0 Å². The number of hydrogen-bond donors (Lipinski definition) is 6. The van der Waals surface area contributed by atoms with Crippen molar-refractivity contribution in [2.24, 2.45) is 0 Å². The van der Waals surface area contributed by atoms with Crippen molar-refractivity contribution in [2.45, 2.75) is 98.2 Å². The van der Waals surface area contributed by atoms with Crippen LogP contribution in [0, 0.1) is 0 Å². The first-order chi connectivity index (χ1) is 38.3. The Morgan fingerprint density at radius 1 is 0.651 bits per heavy atom. The van der Waals surface area contributed by atoms with Gasteiger partial charge in [0.25, 0.3) is 50.6 Å². The number of carbonyl (C=O) groups is 1. The van der Waals surface area contributed by atoms with Crippen LogP contribution in [-0.4, -0.2) is 141 Å². The highest BCUT2D eigenvalue weighted by atomic mass is 32.2. The minimum absolute atomic E-state index is 0.0262. The number of carboxylic acid groups (broad SMARTS) is 1. The first kappa shape index (κ1) is 67.3. The molecule has 0 radical (unpaired) electrons. The van der Waals surface area contributed by atoms with Crippen LogP contribution in [0.5, 0.6) is 0 Å². The summed E-state index contributed by atoms with van der Waals surface area (Å²) in [6, 6.07) is 15.2. The van der Waals surface area contributed by atoms with Crippen molar-refractivity contribution >= 4 is 122 Å². The number of anilines is 1. The summed E-state index contributed by atoms with van der Waals surface area (Å²) in [4.78, 5) is 16.3. The molecule has 0 saturated carbocycles. The standard InChI is InChI=1S/C50H55N3O17S5.2O3S/c1-5-7-24-52-41-18-12-32-10-15-35(73(62,63)64)28-38(32)46(41)50(4,23-8-26-71(56,57)58)45(52)21-14-33(40-17-11-34(31-51-40)48(54)55)13-20-44-49(3,22-6-2)47-39-29-36(74(65,66)67)30-43(75(68,69)70)37(39)16-19-42(47)53(44)25-9-27-72(59,60)61;2*1-4(2)3/h10-21,28-31H,5-9,22-27H2,1-4H3,(H5-,54,55,56,57,58,59,60,61,62,63,64,65,66,67,68,69,70);;/p+1. The predicted octanol–water partition coefficient (Wildman–Crippen LogP) is 6.02. The van der Waals surface area contributed by atoms with E-state index in [1.54, 1.807) is 48.3 Å². The second-order valence-corrected chi connectivity index (χ2v) is 27.6. The Morgan fingerprint density at radius 3 is 1.77 bits per heavy atom. The van der Waals surface area contributed by atoms with Gasteiger partial charge in [0.1, 0.15) is 11.4 Å². The molecule has 5 aromatic rings. The molecule has 0 saturated heterocycles. The Morgan fingerprint density at radius 2 is 1.24 bits per heavy atom. The molecule has 26 nitrogen and oxygen atoms in total. The number of aromatic nitrogens is 1. The number of benzene rings is 4. The SMILES string of the molecule is CCCC[N+]1=C(/C=C/C(=C/C=C2/N(CCCS(=O)(=O)O)c3ccc4c(S(=O)(=O)O)cc(S(=O)(=O)O)cc4c3C2(C)CCC)c2ccc(C(=O)O)cn2)C(C)(CCCS(=O)(=O)O)c2c1ccc1ccc(S(=O)(=O)O)cc21.O=S(=O)=O.O=S(=O)=O. The molecule has 0 spiro atoms. The first-order valence-electron chi connectivity index (χ1n) is 24.6. The molecule has 450 valence electrons. The third-order valence-corrected chi connectivity index (χ3v) is 18.0. The summed E-state index contributed by atoms with van der Waals surface area (Å²) >= 11 is 0. The van der Waals surface area contributed by atoms with E-state index in [-0.39, 0.29) is 52.7 Å². The third-order valence-electron chi connectivity index (χ3n) is 13.8. The van der Waals surface area contributed by atoms with Crippen molar-refractivity contribution in [1.82, 2.24) is 4.98 Å². The quantitative estimate of drug-likeness (QED) is 0.0278. The monoisotopic (exact) mass is 1290 g/mol. The third kappa shape index (κ3) is 16.4. The number of pyridine rings is 1. The van der Waals surface area contributed by atoms with Gasteiger partial charge < -0.3 is 10.0 Å². The molecule has 0 bridgehead atoms. The fourth-order valence-electron chi connectivity index (χ4n) is 10.5. The van der Waals surface area contributed by atoms with E-state index in [2.05, 4.69) is 4.98 Å². The van der Waals surface area contributed by atoms with Crippen molar-refractivity contribution < 1.29 is 105 Å². The second-order valence-electron chi connectivity index (χ2n) is 19.4. The zero-order valence-corrected chi connectivity index (χ0v) is 50.1. The fraction of sp³-hybridized carbons (Fsp3) is 0.340. The molecule has 0 amide bonds. The van der Waals surface area contributed by atoms with Crippen LogP contribution >= 0.6 is 0 Å². The van der Waals surface area contributed by atoms with Gasteiger partial charge in [0.05, 0.1) is 38.0 Å². The Kier molecular flexibility index (Phi) is 21.2. The lowest BCUT2D eigenvalue weighted by Crippen LogP contribution is -2.32. The number of hydrogen-bond acceptors (Lipinski definition) is 19. The van der Waals surface area contributed by atoms with Crippen LogP contribution in [0.15, 0.2) is 118 Å². The molecule has 83 heavy (non-hydrogen) atoms. The molecular formula is C50H56N3O23S7+. The second kappa shape index (κ2) is 26.2. The molecule has 0 fully saturated rings. The smallest absolute Gasteiger partial charge is 0.425 e. The highest BCUT2D eigenvalue weighted by Crippen LogP contribution is 2.54. The normalized spacial score (nSPS) is 18.0. The van der Waals surface area contributed by atoms with E-state index in [4.69, 9.17) is 25.3 Å².